The first-order chi connectivity index (χ1) is 17.8. The lowest BCUT2D eigenvalue weighted by Crippen LogP contribution is -2.40. The van der Waals surface area contributed by atoms with Gasteiger partial charge in [0.25, 0.3) is 0 Å². The Morgan fingerprint density at radius 2 is 1.95 bits per heavy atom. The Kier molecular flexibility index (Phi) is 9.98. The average molecular weight is 532 g/mol. The van der Waals surface area contributed by atoms with Gasteiger partial charge in [-0.1, -0.05) is 11.6 Å². The van der Waals surface area contributed by atoms with Crippen LogP contribution >= 0.6 is 12.2 Å². The lowest BCUT2D eigenvalue weighted by atomic mass is 10.0. The van der Waals surface area contributed by atoms with Crippen LogP contribution in [0.4, 0.5) is 25.1 Å². The van der Waals surface area contributed by atoms with Gasteiger partial charge in [0.15, 0.2) is 16.7 Å². The molecule has 196 valence electrons. The number of nitrogens with zero attached hydrogens (tertiary/aromatic N) is 3. The van der Waals surface area contributed by atoms with Gasteiger partial charge in [0.1, 0.15) is 18.0 Å². The quantitative estimate of drug-likeness (QED) is 0.281. The number of anilines is 2. The molecule has 0 saturated heterocycles. The summed E-state index contributed by atoms with van der Waals surface area (Å²) in [6, 6.07) is 5.02. The highest BCUT2D eigenvalue weighted by Gasteiger charge is 2.14. The zero-order valence-corrected chi connectivity index (χ0v) is 21.1. The number of allylic oxidation sites excluding steroid dienone is 3. The van der Waals surface area contributed by atoms with Crippen molar-refractivity contribution >= 4 is 40.8 Å². The molecule has 0 spiro atoms. The average Bonchev–Trinajstić information content (AvgIpc) is 2.85. The number of thiocarbonyl (C=S) groups is 1. The van der Waals surface area contributed by atoms with E-state index in [0.717, 1.165) is 11.6 Å². The summed E-state index contributed by atoms with van der Waals surface area (Å²) in [5, 5.41) is 10.8. The van der Waals surface area contributed by atoms with Gasteiger partial charge in [-0.3, -0.25) is 10.1 Å². The molecule has 2 aromatic rings. The number of halogens is 2. The van der Waals surface area contributed by atoms with Crippen molar-refractivity contribution in [3.05, 3.63) is 60.0 Å². The maximum absolute atomic E-state index is 14.7. The molecule has 0 radical (unpaired) electrons. The number of hydrogen-bond donors (Lipinski definition) is 4. The molecule has 0 atom stereocenters. The van der Waals surface area contributed by atoms with E-state index in [2.05, 4.69) is 31.2 Å². The van der Waals surface area contributed by atoms with Crippen LogP contribution in [0.1, 0.15) is 26.2 Å². The Hall–Kier alpha value is -3.97. The lowest BCUT2D eigenvalue weighted by molar-refractivity contribution is -0.119. The fourth-order valence-corrected chi connectivity index (χ4v) is 3.52. The van der Waals surface area contributed by atoms with E-state index in [1.807, 2.05) is 6.92 Å². The summed E-state index contributed by atoms with van der Waals surface area (Å²) < 4.78 is 33.3. The predicted molar refractivity (Wildman–Crippen MR) is 139 cm³/mol. The van der Waals surface area contributed by atoms with Gasteiger partial charge in [-0.25, -0.2) is 23.5 Å². The summed E-state index contributed by atoms with van der Waals surface area (Å²) >= 11 is 5.12. The van der Waals surface area contributed by atoms with E-state index < -0.39 is 5.82 Å². The number of carbonyl (C=O) groups excluding carboxylic acids is 2. The highest BCUT2D eigenvalue weighted by atomic mass is 32.1. The fourth-order valence-electron chi connectivity index (χ4n) is 3.29. The van der Waals surface area contributed by atoms with E-state index in [-0.39, 0.29) is 58.9 Å². The Balaban J connectivity index is 1.56. The first kappa shape index (κ1) is 27.6. The minimum absolute atomic E-state index is 0.00761. The SMILES string of the molecule is CCN(CNC)C(=O)Nc1cc(Oc2ccc(NC(=S)NC(=O)CC3=CC=C(F)CC3)cc2F)ncn1. The molecular weight excluding hydrogens is 504 g/mol. The van der Waals surface area contributed by atoms with Crippen molar-refractivity contribution in [2.45, 2.75) is 26.2 Å². The first-order valence-electron chi connectivity index (χ1n) is 11.4. The van der Waals surface area contributed by atoms with Crippen LogP contribution in [0.15, 0.2) is 54.1 Å². The van der Waals surface area contributed by atoms with E-state index in [9.17, 15) is 18.4 Å². The first-order valence-corrected chi connectivity index (χ1v) is 11.8. The van der Waals surface area contributed by atoms with Gasteiger partial charge in [-0.05, 0) is 50.8 Å². The van der Waals surface area contributed by atoms with Gasteiger partial charge in [-0.2, -0.15) is 0 Å². The van der Waals surface area contributed by atoms with Crippen molar-refractivity contribution in [3.63, 3.8) is 0 Å². The van der Waals surface area contributed by atoms with Crippen molar-refractivity contribution in [1.29, 1.82) is 0 Å². The van der Waals surface area contributed by atoms with Crippen molar-refractivity contribution < 1.29 is 23.1 Å². The molecule has 0 unspecified atom stereocenters. The van der Waals surface area contributed by atoms with Gasteiger partial charge in [0.05, 0.1) is 6.67 Å². The van der Waals surface area contributed by atoms with E-state index in [4.69, 9.17) is 17.0 Å². The molecule has 0 aliphatic heterocycles. The zero-order valence-electron chi connectivity index (χ0n) is 20.3. The van der Waals surface area contributed by atoms with Gasteiger partial charge in [0, 0.05) is 37.2 Å². The molecule has 10 nitrogen and oxygen atoms in total. The van der Waals surface area contributed by atoms with Gasteiger partial charge >= 0.3 is 6.03 Å². The van der Waals surface area contributed by atoms with Crippen LogP contribution in [-0.4, -0.2) is 52.2 Å². The summed E-state index contributed by atoms with van der Waals surface area (Å²) in [5.74, 6) is -1.20. The molecule has 1 aliphatic rings. The van der Waals surface area contributed by atoms with E-state index >= 15 is 0 Å². The number of carbonyl (C=O) groups is 2. The zero-order chi connectivity index (χ0) is 26.8. The third-order valence-electron chi connectivity index (χ3n) is 5.12. The molecule has 1 aliphatic carbocycles. The third-order valence-corrected chi connectivity index (χ3v) is 5.33. The molecule has 0 saturated carbocycles. The summed E-state index contributed by atoms with van der Waals surface area (Å²) in [5.41, 5.74) is 1.08. The molecule has 1 aromatic carbocycles. The number of ether oxygens (including phenoxy) is 1. The standard InChI is InChI=1S/C24H27F2N7O3S/c1-3-33(14-27-2)24(35)31-20-12-22(29-13-28-20)36-19-9-8-17(11-18(19)26)30-23(37)32-21(34)10-15-4-6-16(25)7-5-15/h4,6,8-9,11-13,27H,3,5,7,10,14H2,1-2H3,(H,28,29,31,35)(H2,30,32,34,37). The van der Waals surface area contributed by atoms with Crippen LogP contribution in [0.5, 0.6) is 11.6 Å². The number of amides is 3. The van der Waals surface area contributed by atoms with Gasteiger partial charge in [-0.15, -0.1) is 0 Å². The normalized spacial score (nSPS) is 12.6. The smallest absolute Gasteiger partial charge is 0.324 e. The Labute approximate surface area is 218 Å². The Bertz CT molecular complexity index is 1220. The van der Waals surface area contributed by atoms with Crippen LogP contribution in [-0.2, 0) is 4.79 Å². The van der Waals surface area contributed by atoms with Crippen molar-refractivity contribution in [2.75, 3.05) is 30.9 Å². The molecular formula is C24H27F2N7O3S. The third kappa shape index (κ3) is 8.58. The number of rotatable bonds is 9. The molecule has 1 aromatic heterocycles. The van der Waals surface area contributed by atoms with E-state index in [0.29, 0.717) is 19.6 Å². The molecule has 0 bridgehead atoms. The van der Waals surface area contributed by atoms with Gasteiger partial charge in [0.2, 0.25) is 11.8 Å². The highest BCUT2D eigenvalue weighted by molar-refractivity contribution is 7.80. The largest absolute Gasteiger partial charge is 0.436 e. The Morgan fingerprint density at radius 3 is 2.62 bits per heavy atom. The summed E-state index contributed by atoms with van der Waals surface area (Å²) in [4.78, 5) is 33.9. The fraction of sp³-hybridized carbons (Fsp3) is 0.292. The maximum Gasteiger partial charge on any atom is 0.324 e. The summed E-state index contributed by atoms with van der Waals surface area (Å²) in [6.45, 7) is 2.67. The van der Waals surface area contributed by atoms with Crippen molar-refractivity contribution in [1.82, 2.24) is 25.5 Å². The van der Waals surface area contributed by atoms with E-state index in [1.54, 1.807) is 13.1 Å². The van der Waals surface area contributed by atoms with Crippen molar-refractivity contribution in [2.24, 2.45) is 0 Å². The number of urea groups is 1. The second kappa shape index (κ2) is 13.4. The highest BCUT2D eigenvalue weighted by Crippen LogP contribution is 2.26. The molecule has 1 heterocycles. The second-order valence-electron chi connectivity index (χ2n) is 7.90. The predicted octanol–water partition coefficient (Wildman–Crippen LogP) is 4.22. The number of aromatic nitrogens is 2. The van der Waals surface area contributed by atoms with Crippen LogP contribution in [0.2, 0.25) is 0 Å². The lowest BCUT2D eigenvalue weighted by Gasteiger charge is -2.20. The van der Waals surface area contributed by atoms with Crippen LogP contribution < -0.4 is 26.0 Å². The molecule has 4 N–H and O–H groups in total. The molecule has 0 fully saturated rings. The molecule has 37 heavy (non-hydrogen) atoms. The molecule has 3 rings (SSSR count). The maximum atomic E-state index is 14.7. The summed E-state index contributed by atoms with van der Waals surface area (Å²) in [6.07, 6.45) is 4.94. The van der Waals surface area contributed by atoms with Crippen LogP contribution in [0, 0.1) is 5.82 Å². The van der Waals surface area contributed by atoms with Crippen LogP contribution in [0.25, 0.3) is 0 Å². The Morgan fingerprint density at radius 1 is 1.14 bits per heavy atom. The number of hydrogen-bond acceptors (Lipinski definition) is 7. The van der Waals surface area contributed by atoms with E-state index in [1.165, 1.54) is 35.5 Å². The molecule has 13 heteroatoms. The second-order valence-corrected chi connectivity index (χ2v) is 8.31. The number of nitrogens with one attached hydrogen (secondary N) is 4. The molecule has 3 amide bonds. The van der Waals surface area contributed by atoms with Crippen molar-refractivity contribution in [3.8, 4) is 11.6 Å². The summed E-state index contributed by atoms with van der Waals surface area (Å²) in [7, 11) is 1.73. The number of benzene rings is 1. The topological polar surface area (TPSA) is 121 Å². The minimum atomic E-state index is -0.712. The monoisotopic (exact) mass is 531 g/mol. The van der Waals surface area contributed by atoms with Gasteiger partial charge < -0.3 is 25.6 Å². The van der Waals surface area contributed by atoms with Crippen LogP contribution in [0.3, 0.4) is 0 Å². The minimum Gasteiger partial charge on any atom is -0.436 e.